The Morgan fingerprint density at radius 3 is 2.47 bits per heavy atom. The molecule has 13 nitrogen and oxygen atoms in total. The van der Waals surface area contributed by atoms with Gasteiger partial charge < -0.3 is 25.0 Å². The Bertz CT molecular complexity index is 2010. The molecule has 1 aliphatic carbocycles. The van der Waals surface area contributed by atoms with Crippen molar-refractivity contribution in [3.8, 4) is 5.75 Å². The van der Waals surface area contributed by atoms with E-state index in [-0.39, 0.29) is 25.1 Å². The molecule has 3 N–H and O–H groups in total. The topological polar surface area (TPSA) is 173 Å². The number of pyridine rings is 1. The summed E-state index contributed by atoms with van der Waals surface area (Å²) in [5.74, 6) is -2.61. The number of carbonyl (C=O) groups excluding carboxylic acids is 4. The van der Waals surface area contributed by atoms with Crippen LogP contribution < -0.4 is 20.1 Å². The molecule has 0 spiro atoms. The number of amides is 4. The number of ether oxygens (including phenoxy) is 2. The Morgan fingerprint density at radius 2 is 1.84 bits per heavy atom. The van der Waals surface area contributed by atoms with Gasteiger partial charge in [-0.1, -0.05) is 44.9 Å². The summed E-state index contributed by atoms with van der Waals surface area (Å²) in [5, 5.41) is 6.18. The van der Waals surface area contributed by atoms with E-state index in [0.29, 0.717) is 47.8 Å². The number of nitrogens with zero attached hydrogens (tertiary/aromatic N) is 2. The molecule has 1 aromatic heterocycles. The predicted octanol–water partition coefficient (Wildman–Crippen LogP) is 6.41. The molecule has 314 valence electrons. The Hall–Kier alpha value is -4.27. The van der Waals surface area contributed by atoms with Crippen LogP contribution >= 0.6 is 0 Å². The van der Waals surface area contributed by atoms with E-state index >= 15 is 4.39 Å². The van der Waals surface area contributed by atoms with Gasteiger partial charge in [-0.3, -0.25) is 19.1 Å². The van der Waals surface area contributed by atoms with Gasteiger partial charge in [0, 0.05) is 23.3 Å². The molecule has 15 heteroatoms. The molecule has 0 bridgehead atoms. The van der Waals surface area contributed by atoms with E-state index in [0.717, 1.165) is 24.8 Å². The molecule has 2 aromatic rings. The van der Waals surface area contributed by atoms with E-state index in [1.54, 1.807) is 47.6 Å². The van der Waals surface area contributed by atoms with Crippen molar-refractivity contribution in [3.63, 3.8) is 0 Å². The van der Waals surface area contributed by atoms with Crippen LogP contribution in [0.1, 0.15) is 130 Å². The molecule has 6 unspecified atom stereocenters. The summed E-state index contributed by atoms with van der Waals surface area (Å²) in [6.07, 6.45) is 5.06. The molecule has 1 aromatic carbocycles. The molecule has 3 aliphatic rings. The van der Waals surface area contributed by atoms with Gasteiger partial charge in [0.1, 0.15) is 41.2 Å². The summed E-state index contributed by atoms with van der Waals surface area (Å²) in [4.78, 5) is 62.4. The molecule has 1 saturated carbocycles. The molecule has 57 heavy (non-hydrogen) atoms. The van der Waals surface area contributed by atoms with E-state index in [1.165, 1.54) is 18.7 Å². The van der Waals surface area contributed by atoms with Crippen molar-refractivity contribution in [3.05, 3.63) is 47.2 Å². The second-order valence-corrected chi connectivity index (χ2v) is 19.6. The number of hydrogen-bond acceptors (Lipinski definition) is 9. The van der Waals surface area contributed by atoms with Crippen LogP contribution in [0.2, 0.25) is 0 Å². The molecule has 0 radical (unpaired) electrons. The summed E-state index contributed by atoms with van der Waals surface area (Å²) >= 11 is 0. The van der Waals surface area contributed by atoms with Crippen molar-refractivity contribution < 1.29 is 41.5 Å². The third kappa shape index (κ3) is 9.89. The molecule has 2 fully saturated rings. The highest BCUT2D eigenvalue weighted by molar-refractivity contribution is 7.91. The standard InChI is InChI=1S/C42H60FN5O8S/c1-10-28-18-19-31-30(22-28)34(26(3)43)35(27(4)44-31)55-29-23-33-36(49)46-42(9,38(51)47-57(53,54)41(8)20-21-41)25(2)16-14-12-11-13-15-17-32(37(50)48(33)24-29)45-39(52)56-40(5,6)7/h14,16,18-19,22,25-26,29,32-33H,10-13,15,17,20-21,23-24H2,1-9H3,(H,45,52)(H,46,49)(H,47,51). The van der Waals surface area contributed by atoms with Gasteiger partial charge in [0.15, 0.2) is 0 Å². The van der Waals surface area contributed by atoms with Crippen LogP contribution in [0, 0.1) is 12.8 Å². The largest absolute Gasteiger partial charge is 0.486 e. The summed E-state index contributed by atoms with van der Waals surface area (Å²) in [7, 11) is -4.07. The van der Waals surface area contributed by atoms with Crippen LogP contribution in [0.5, 0.6) is 5.75 Å². The highest BCUT2D eigenvalue weighted by Gasteiger charge is 2.53. The maximum Gasteiger partial charge on any atom is 0.408 e. The molecule has 3 heterocycles. The van der Waals surface area contributed by atoms with Gasteiger partial charge >= 0.3 is 6.09 Å². The van der Waals surface area contributed by atoms with E-state index < -0.39 is 80.0 Å². The van der Waals surface area contributed by atoms with Crippen LogP contribution in [0.4, 0.5) is 9.18 Å². The van der Waals surface area contributed by atoms with Crippen molar-refractivity contribution in [2.75, 3.05) is 6.54 Å². The predicted molar refractivity (Wildman–Crippen MR) is 216 cm³/mol. The number of aromatic nitrogens is 1. The second kappa shape index (κ2) is 16.9. The number of rotatable bonds is 8. The normalized spacial score (nSPS) is 26.4. The van der Waals surface area contributed by atoms with E-state index in [1.807, 2.05) is 31.2 Å². The fourth-order valence-electron chi connectivity index (χ4n) is 7.45. The number of allylic oxidation sites excluding steroid dienone is 1. The monoisotopic (exact) mass is 813 g/mol. The minimum Gasteiger partial charge on any atom is -0.486 e. The number of nitrogens with one attached hydrogen (secondary N) is 3. The molecule has 1 saturated heterocycles. The third-order valence-electron chi connectivity index (χ3n) is 11.5. The fraction of sp³-hybridized carbons (Fsp3) is 0.643. The molecule has 5 rings (SSSR count). The van der Waals surface area contributed by atoms with Crippen LogP contribution in [-0.4, -0.2) is 82.7 Å². The van der Waals surface area contributed by atoms with Gasteiger partial charge in [0.25, 0.3) is 5.91 Å². The lowest BCUT2D eigenvalue weighted by atomic mass is 9.85. The zero-order valence-electron chi connectivity index (χ0n) is 34.8. The number of fused-ring (bicyclic) bond motifs is 2. The van der Waals surface area contributed by atoms with Gasteiger partial charge in [-0.05, 0) is 105 Å². The first-order valence-electron chi connectivity index (χ1n) is 20.2. The summed E-state index contributed by atoms with van der Waals surface area (Å²) in [5.41, 5.74) is -0.247. The number of carbonyl (C=O) groups is 4. The Labute approximate surface area is 336 Å². The number of benzene rings is 1. The zero-order chi connectivity index (χ0) is 42.1. The van der Waals surface area contributed by atoms with Crippen LogP contribution in [0.25, 0.3) is 10.9 Å². The smallest absolute Gasteiger partial charge is 0.408 e. The first kappa shape index (κ1) is 43.8. The third-order valence-corrected chi connectivity index (χ3v) is 13.7. The van der Waals surface area contributed by atoms with Crippen LogP contribution in [-0.2, 0) is 35.6 Å². The average molecular weight is 814 g/mol. The lowest BCUT2D eigenvalue weighted by Crippen LogP contribution is -2.64. The average Bonchev–Trinajstić information content (AvgIpc) is 3.75. The number of halogens is 1. The number of alkyl halides is 1. The van der Waals surface area contributed by atoms with Crippen molar-refractivity contribution in [1.82, 2.24) is 25.2 Å². The maximum atomic E-state index is 15.6. The number of alkyl carbamates (subject to hydrolysis) is 1. The summed E-state index contributed by atoms with van der Waals surface area (Å²) in [6, 6.07) is 3.41. The van der Waals surface area contributed by atoms with Crippen LogP contribution in [0.3, 0.4) is 0 Å². The second-order valence-electron chi connectivity index (χ2n) is 17.4. The fourth-order valence-corrected chi connectivity index (χ4v) is 8.79. The first-order valence-corrected chi connectivity index (χ1v) is 21.7. The molecule has 6 atom stereocenters. The van der Waals surface area contributed by atoms with Crippen molar-refractivity contribution >= 4 is 44.7 Å². The van der Waals surface area contributed by atoms with Gasteiger partial charge in [-0.2, -0.15) is 0 Å². The van der Waals surface area contributed by atoms with Gasteiger partial charge in [-0.25, -0.2) is 22.6 Å². The molecule has 2 aliphatic heterocycles. The molecular weight excluding hydrogens is 754 g/mol. The van der Waals surface area contributed by atoms with Gasteiger partial charge in [0.2, 0.25) is 21.8 Å². The Kier molecular flexibility index (Phi) is 13.0. The minimum atomic E-state index is -4.07. The molecule has 4 amide bonds. The molecular formula is C42H60FN5O8S. The minimum absolute atomic E-state index is 0.0540. The first-order chi connectivity index (χ1) is 26.6. The van der Waals surface area contributed by atoms with Crippen molar-refractivity contribution in [2.45, 2.75) is 160 Å². The van der Waals surface area contributed by atoms with Crippen molar-refractivity contribution in [2.24, 2.45) is 5.92 Å². The lowest BCUT2D eigenvalue weighted by molar-refractivity contribution is -0.142. The summed E-state index contributed by atoms with van der Waals surface area (Å²) in [6.45, 7) is 14.9. The van der Waals surface area contributed by atoms with E-state index in [2.05, 4.69) is 15.4 Å². The maximum absolute atomic E-state index is 15.6. The van der Waals surface area contributed by atoms with E-state index in [9.17, 15) is 27.6 Å². The highest BCUT2D eigenvalue weighted by atomic mass is 32.2. The Balaban J connectivity index is 1.55. The number of sulfonamides is 1. The van der Waals surface area contributed by atoms with Gasteiger partial charge in [0.05, 0.1) is 22.5 Å². The SMILES string of the molecule is CCc1ccc2nc(C)c(OC3CC4C(=O)NC(C)(C(=O)NS(=O)(=O)C5(C)CC5)C(C)C=CCCCCCC(NC(=O)OC(C)(C)C)C(=O)N4C3)c(C(C)F)c2c1. The highest BCUT2D eigenvalue weighted by Crippen LogP contribution is 2.43. The summed E-state index contributed by atoms with van der Waals surface area (Å²) < 4.78 is 55.4. The van der Waals surface area contributed by atoms with Crippen LogP contribution in [0.15, 0.2) is 30.4 Å². The Morgan fingerprint density at radius 1 is 1.14 bits per heavy atom. The number of aryl methyl sites for hydroxylation is 2. The van der Waals surface area contributed by atoms with E-state index in [4.69, 9.17) is 14.5 Å². The quantitative estimate of drug-likeness (QED) is 0.255. The van der Waals surface area contributed by atoms with Crippen molar-refractivity contribution in [1.29, 1.82) is 0 Å². The zero-order valence-corrected chi connectivity index (χ0v) is 35.6. The lowest BCUT2D eigenvalue weighted by Gasteiger charge is -2.36. The van der Waals surface area contributed by atoms with Gasteiger partial charge in [-0.15, -0.1) is 0 Å². The number of hydrogen-bond donors (Lipinski definition) is 3.